The van der Waals surface area contributed by atoms with E-state index in [9.17, 15) is 10.4 Å². The highest BCUT2D eigenvalue weighted by atomic mass is 16.5. The SMILES string of the molecule is On1nnc2c1ccc1nnn(O)c12. The number of benzene rings is 1. The Bertz CT molecular complexity index is 626. The summed E-state index contributed by atoms with van der Waals surface area (Å²) in [5.74, 6) is 0. The summed E-state index contributed by atoms with van der Waals surface area (Å²) >= 11 is 0. The first-order valence-electron chi connectivity index (χ1n) is 3.76. The zero-order valence-electron chi connectivity index (χ0n) is 6.73. The van der Waals surface area contributed by atoms with Crippen LogP contribution >= 0.6 is 0 Å². The molecule has 0 atom stereocenters. The van der Waals surface area contributed by atoms with Gasteiger partial charge in [0.25, 0.3) is 0 Å². The number of rotatable bonds is 0. The summed E-state index contributed by atoms with van der Waals surface area (Å²) < 4.78 is 0. The topological polar surface area (TPSA) is 102 Å². The molecule has 8 nitrogen and oxygen atoms in total. The summed E-state index contributed by atoms with van der Waals surface area (Å²) in [6.45, 7) is 0. The number of hydrogen-bond donors (Lipinski definition) is 2. The molecule has 0 aliphatic rings. The zero-order valence-corrected chi connectivity index (χ0v) is 6.73. The molecule has 2 aromatic heterocycles. The molecule has 0 spiro atoms. The molecule has 0 saturated carbocycles. The first-order valence-corrected chi connectivity index (χ1v) is 3.76. The Labute approximate surface area is 75.9 Å². The van der Waals surface area contributed by atoms with Gasteiger partial charge >= 0.3 is 0 Å². The van der Waals surface area contributed by atoms with Crippen molar-refractivity contribution in [1.29, 1.82) is 0 Å². The van der Waals surface area contributed by atoms with Gasteiger partial charge in [-0.3, -0.25) is 0 Å². The van der Waals surface area contributed by atoms with E-state index in [1.807, 2.05) is 0 Å². The Hall–Kier alpha value is -2.38. The van der Waals surface area contributed by atoms with Gasteiger partial charge in [0.1, 0.15) is 16.6 Å². The first-order chi connectivity index (χ1) is 6.77. The average Bonchev–Trinajstić information content (AvgIpc) is 2.72. The van der Waals surface area contributed by atoms with Crippen molar-refractivity contribution in [3.8, 4) is 0 Å². The van der Waals surface area contributed by atoms with E-state index in [1.54, 1.807) is 12.1 Å². The number of fused-ring (bicyclic) bond motifs is 3. The molecule has 1 aromatic carbocycles. The summed E-state index contributed by atoms with van der Waals surface area (Å²) in [6, 6.07) is 3.19. The highest BCUT2D eigenvalue weighted by Crippen LogP contribution is 2.19. The van der Waals surface area contributed by atoms with E-state index in [1.165, 1.54) is 0 Å². The minimum atomic E-state index is 0.322. The van der Waals surface area contributed by atoms with Gasteiger partial charge in [-0.1, -0.05) is 9.69 Å². The maximum absolute atomic E-state index is 9.30. The zero-order chi connectivity index (χ0) is 9.71. The van der Waals surface area contributed by atoms with Crippen LogP contribution in [0.3, 0.4) is 0 Å². The van der Waals surface area contributed by atoms with Crippen molar-refractivity contribution < 1.29 is 10.4 Å². The maximum atomic E-state index is 9.30. The monoisotopic (exact) mass is 192 g/mol. The molecule has 3 rings (SSSR count). The van der Waals surface area contributed by atoms with Crippen LogP contribution in [-0.2, 0) is 0 Å². The predicted molar refractivity (Wildman–Crippen MR) is 43.0 cm³/mol. The van der Waals surface area contributed by atoms with Crippen LogP contribution in [0.2, 0.25) is 0 Å². The molecule has 14 heavy (non-hydrogen) atoms. The summed E-state index contributed by atoms with van der Waals surface area (Å²) in [5.41, 5.74) is 1.54. The summed E-state index contributed by atoms with van der Waals surface area (Å²) in [4.78, 5) is 1.23. The van der Waals surface area contributed by atoms with Crippen LogP contribution in [0.25, 0.3) is 22.1 Å². The van der Waals surface area contributed by atoms with Crippen molar-refractivity contribution >= 4 is 22.1 Å². The second kappa shape index (κ2) is 2.10. The van der Waals surface area contributed by atoms with E-state index in [0.29, 0.717) is 31.8 Å². The van der Waals surface area contributed by atoms with Gasteiger partial charge in [0.05, 0.1) is 0 Å². The molecule has 2 heterocycles. The van der Waals surface area contributed by atoms with Crippen molar-refractivity contribution in [3.05, 3.63) is 12.1 Å². The lowest BCUT2D eigenvalue weighted by Gasteiger charge is -1.91. The third-order valence-electron chi connectivity index (χ3n) is 1.99. The van der Waals surface area contributed by atoms with Gasteiger partial charge in [-0.25, -0.2) is 0 Å². The fourth-order valence-electron chi connectivity index (χ4n) is 1.37. The lowest BCUT2D eigenvalue weighted by Crippen LogP contribution is -1.93. The van der Waals surface area contributed by atoms with Gasteiger partial charge in [-0.2, -0.15) is 0 Å². The largest absolute Gasteiger partial charge is 0.410 e. The van der Waals surface area contributed by atoms with Gasteiger partial charge in [-0.05, 0) is 22.6 Å². The molecule has 0 amide bonds. The van der Waals surface area contributed by atoms with E-state index >= 15 is 0 Å². The molecule has 70 valence electrons. The third-order valence-corrected chi connectivity index (χ3v) is 1.99. The normalized spacial score (nSPS) is 11.4. The molecule has 8 heteroatoms. The van der Waals surface area contributed by atoms with Gasteiger partial charge in [0.15, 0.2) is 5.52 Å². The average molecular weight is 192 g/mol. The molecule has 2 N–H and O–H groups in total. The van der Waals surface area contributed by atoms with E-state index < -0.39 is 0 Å². The van der Waals surface area contributed by atoms with E-state index in [0.717, 1.165) is 0 Å². The standard InChI is InChI=1S/C6H4N6O2/c13-11-4-2-1-3-6(5(4)8-10-11)12(14)9-7-3/h1-2,13-14H. The molecule has 0 saturated heterocycles. The molecule has 0 unspecified atom stereocenters. The van der Waals surface area contributed by atoms with Crippen LogP contribution in [0, 0.1) is 0 Å². The van der Waals surface area contributed by atoms with Gasteiger partial charge in [0, 0.05) is 0 Å². The summed E-state index contributed by atoms with van der Waals surface area (Å²) in [5, 5.41) is 32.7. The van der Waals surface area contributed by atoms with Crippen LogP contribution in [0.4, 0.5) is 0 Å². The second-order valence-corrected chi connectivity index (χ2v) is 2.76. The molecule has 0 aliphatic carbocycles. The lowest BCUT2D eigenvalue weighted by molar-refractivity contribution is 0.155. The highest BCUT2D eigenvalue weighted by Gasteiger charge is 2.13. The van der Waals surface area contributed by atoms with Crippen molar-refractivity contribution in [1.82, 2.24) is 30.3 Å². The van der Waals surface area contributed by atoms with Gasteiger partial charge in [-0.15, -0.1) is 10.2 Å². The second-order valence-electron chi connectivity index (χ2n) is 2.76. The molecule has 0 aliphatic heterocycles. The van der Waals surface area contributed by atoms with Crippen molar-refractivity contribution in [2.45, 2.75) is 0 Å². The predicted octanol–water partition coefficient (Wildman–Crippen LogP) is -0.349. The third kappa shape index (κ3) is 0.672. The van der Waals surface area contributed by atoms with Crippen molar-refractivity contribution in [2.24, 2.45) is 0 Å². The van der Waals surface area contributed by atoms with Crippen LogP contribution in [0.1, 0.15) is 0 Å². The molecular weight excluding hydrogens is 188 g/mol. The molecule has 0 fully saturated rings. The van der Waals surface area contributed by atoms with Crippen molar-refractivity contribution in [3.63, 3.8) is 0 Å². The van der Waals surface area contributed by atoms with Crippen LogP contribution in [-0.4, -0.2) is 40.7 Å². The summed E-state index contributed by atoms with van der Waals surface area (Å²) in [7, 11) is 0. The fourth-order valence-corrected chi connectivity index (χ4v) is 1.37. The number of nitrogens with zero attached hydrogens (tertiary/aromatic N) is 6. The molecular formula is C6H4N6O2. The Morgan fingerprint density at radius 3 is 2.64 bits per heavy atom. The minimum absolute atomic E-state index is 0.322. The maximum Gasteiger partial charge on any atom is 0.160 e. The Balaban J connectivity index is 2.66. The van der Waals surface area contributed by atoms with Gasteiger partial charge in [0.2, 0.25) is 0 Å². The molecule has 3 aromatic rings. The highest BCUT2D eigenvalue weighted by molar-refractivity contribution is 5.99. The Morgan fingerprint density at radius 1 is 1.00 bits per heavy atom. The first kappa shape index (κ1) is 7.06. The minimum Gasteiger partial charge on any atom is -0.410 e. The molecule has 0 radical (unpaired) electrons. The number of hydrogen-bond acceptors (Lipinski definition) is 6. The van der Waals surface area contributed by atoms with E-state index in [4.69, 9.17) is 0 Å². The molecule has 0 bridgehead atoms. The Morgan fingerprint density at radius 2 is 1.79 bits per heavy atom. The Kier molecular flexibility index (Phi) is 1.06. The van der Waals surface area contributed by atoms with Crippen LogP contribution < -0.4 is 0 Å². The van der Waals surface area contributed by atoms with Crippen molar-refractivity contribution in [2.75, 3.05) is 0 Å². The van der Waals surface area contributed by atoms with Crippen LogP contribution in [0.5, 0.6) is 0 Å². The smallest absolute Gasteiger partial charge is 0.160 e. The van der Waals surface area contributed by atoms with E-state index in [2.05, 4.69) is 20.6 Å². The van der Waals surface area contributed by atoms with E-state index in [-0.39, 0.29) is 0 Å². The fraction of sp³-hybridized carbons (Fsp3) is 0. The number of aromatic nitrogens is 6. The quantitative estimate of drug-likeness (QED) is 0.472. The van der Waals surface area contributed by atoms with Crippen LogP contribution in [0.15, 0.2) is 12.1 Å². The van der Waals surface area contributed by atoms with Gasteiger partial charge < -0.3 is 10.4 Å². The summed E-state index contributed by atoms with van der Waals surface area (Å²) in [6.07, 6.45) is 0. The lowest BCUT2D eigenvalue weighted by atomic mass is 10.3.